The van der Waals surface area contributed by atoms with Crippen LogP contribution >= 0.6 is 11.8 Å². The van der Waals surface area contributed by atoms with Gasteiger partial charge in [-0.3, -0.25) is 4.79 Å². The summed E-state index contributed by atoms with van der Waals surface area (Å²) in [5.41, 5.74) is 5.36. The number of hydrogen-bond acceptors (Lipinski definition) is 3. The molecular formula is C12H24N2OS. The molecular weight excluding hydrogens is 220 g/mol. The number of nitrogens with two attached hydrogens (primary N) is 1. The molecule has 1 fully saturated rings. The molecule has 3 N–H and O–H groups in total. The third-order valence-electron chi connectivity index (χ3n) is 3.05. The van der Waals surface area contributed by atoms with Gasteiger partial charge in [0.05, 0.1) is 6.04 Å². The standard InChI is InChI=1S/C12H24N2OS/c1-2-8-14-11(12(13)15)7-9-16-10-5-3-4-6-10/h10-11,14H,2-9H2,1H3,(H2,13,15). The molecule has 0 spiro atoms. The van der Waals surface area contributed by atoms with E-state index < -0.39 is 0 Å². The molecule has 0 aromatic rings. The predicted molar refractivity (Wildman–Crippen MR) is 70.6 cm³/mol. The van der Waals surface area contributed by atoms with E-state index in [2.05, 4.69) is 12.2 Å². The summed E-state index contributed by atoms with van der Waals surface area (Å²) in [5, 5.41) is 4.04. The molecule has 0 bridgehead atoms. The van der Waals surface area contributed by atoms with E-state index in [0.717, 1.165) is 30.4 Å². The van der Waals surface area contributed by atoms with E-state index in [4.69, 9.17) is 5.73 Å². The van der Waals surface area contributed by atoms with Crippen LogP contribution in [0.15, 0.2) is 0 Å². The van der Waals surface area contributed by atoms with Gasteiger partial charge in [0.2, 0.25) is 5.91 Å². The lowest BCUT2D eigenvalue weighted by Crippen LogP contribution is -2.42. The minimum absolute atomic E-state index is 0.131. The SMILES string of the molecule is CCCNC(CCSC1CCCC1)C(N)=O. The van der Waals surface area contributed by atoms with Crippen molar-refractivity contribution in [2.75, 3.05) is 12.3 Å². The zero-order valence-corrected chi connectivity index (χ0v) is 11.0. The summed E-state index contributed by atoms with van der Waals surface area (Å²) in [4.78, 5) is 11.2. The minimum atomic E-state index is -0.208. The van der Waals surface area contributed by atoms with Gasteiger partial charge in [-0.2, -0.15) is 11.8 Å². The van der Waals surface area contributed by atoms with Crippen molar-refractivity contribution >= 4 is 17.7 Å². The molecule has 0 aliphatic heterocycles. The first-order valence-corrected chi connectivity index (χ1v) is 7.43. The topological polar surface area (TPSA) is 55.1 Å². The molecule has 1 unspecified atom stereocenters. The Kier molecular flexibility index (Phi) is 6.88. The largest absolute Gasteiger partial charge is 0.368 e. The lowest BCUT2D eigenvalue weighted by Gasteiger charge is -2.15. The highest BCUT2D eigenvalue weighted by atomic mass is 32.2. The second-order valence-electron chi connectivity index (χ2n) is 4.48. The van der Waals surface area contributed by atoms with Gasteiger partial charge in [0, 0.05) is 5.25 Å². The highest BCUT2D eigenvalue weighted by Crippen LogP contribution is 2.29. The van der Waals surface area contributed by atoms with Crippen LogP contribution in [0.5, 0.6) is 0 Å². The quantitative estimate of drug-likeness (QED) is 0.686. The average molecular weight is 244 g/mol. The Morgan fingerprint density at radius 3 is 2.75 bits per heavy atom. The van der Waals surface area contributed by atoms with Gasteiger partial charge in [-0.25, -0.2) is 0 Å². The van der Waals surface area contributed by atoms with Gasteiger partial charge < -0.3 is 11.1 Å². The molecule has 0 saturated heterocycles. The van der Waals surface area contributed by atoms with Gasteiger partial charge in [-0.1, -0.05) is 19.8 Å². The summed E-state index contributed by atoms with van der Waals surface area (Å²) >= 11 is 2.02. The average Bonchev–Trinajstić information content (AvgIpc) is 2.75. The number of carbonyl (C=O) groups is 1. The van der Waals surface area contributed by atoms with E-state index in [-0.39, 0.29) is 11.9 Å². The molecule has 1 atom stereocenters. The zero-order valence-electron chi connectivity index (χ0n) is 10.2. The Labute approximate surface area is 103 Å². The number of thioether (sulfide) groups is 1. The van der Waals surface area contributed by atoms with E-state index in [1.807, 2.05) is 11.8 Å². The van der Waals surface area contributed by atoms with Crippen molar-refractivity contribution in [1.29, 1.82) is 0 Å². The second kappa shape index (κ2) is 7.96. The zero-order chi connectivity index (χ0) is 11.8. The Hall–Kier alpha value is -0.220. The third kappa shape index (κ3) is 5.21. The van der Waals surface area contributed by atoms with E-state index in [9.17, 15) is 4.79 Å². The van der Waals surface area contributed by atoms with E-state index >= 15 is 0 Å². The van der Waals surface area contributed by atoms with Crippen molar-refractivity contribution < 1.29 is 4.79 Å². The van der Waals surface area contributed by atoms with Crippen LogP contribution < -0.4 is 11.1 Å². The van der Waals surface area contributed by atoms with Crippen molar-refractivity contribution in [3.63, 3.8) is 0 Å². The van der Waals surface area contributed by atoms with E-state index in [1.54, 1.807) is 0 Å². The Balaban J connectivity index is 2.13. The Morgan fingerprint density at radius 1 is 1.50 bits per heavy atom. The maximum atomic E-state index is 11.2. The van der Waals surface area contributed by atoms with Gasteiger partial charge in [0.25, 0.3) is 0 Å². The van der Waals surface area contributed by atoms with Gasteiger partial charge in [0.15, 0.2) is 0 Å². The molecule has 94 valence electrons. The highest BCUT2D eigenvalue weighted by Gasteiger charge is 2.18. The third-order valence-corrected chi connectivity index (χ3v) is 4.46. The fourth-order valence-corrected chi connectivity index (χ4v) is 3.44. The summed E-state index contributed by atoms with van der Waals surface area (Å²) in [5.74, 6) is 0.843. The molecule has 0 radical (unpaired) electrons. The molecule has 1 saturated carbocycles. The Bertz CT molecular complexity index is 205. The fraction of sp³-hybridized carbons (Fsp3) is 0.917. The van der Waals surface area contributed by atoms with Gasteiger partial charge in [0.1, 0.15) is 0 Å². The normalized spacial score (nSPS) is 18.8. The molecule has 1 aliphatic carbocycles. The molecule has 4 heteroatoms. The lowest BCUT2D eigenvalue weighted by molar-refractivity contribution is -0.120. The van der Waals surface area contributed by atoms with E-state index in [0.29, 0.717) is 0 Å². The Morgan fingerprint density at radius 2 is 2.19 bits per heavy atom. The van der Waals surface area contributed by atoms with Crippen LogP contribution in [-0.2, 0) is 4.79 Å². The van der Waals surface area contributed by atoms with Crippen LogP contribution in [0.3, 0.4) is 0 Å². The van der Waals surface area contributed by atoms with Crippen molar-refractivity contribution in [2.24, 2.45) is 5.73 Å². The first-order chi connectivity index (χ1) is 7.74. The molecule has 0 aromatic heterocycles. The van der Waals surface area contributed by atoms with Crippen LogP contribution in [-0.4, -0.2) is 29.5 Å². The minimum Gasteiger partial charge on any atom is -0.368 e. The summed E-state index contributed by atoms with van der Waals surface area (Å²) in [6, 6.07) is -0.131. The van der Waals surface area contributed by atoms with Crippen molar-refractivity contribution in [3.8, 4) is 0 Å². The molecule has 0 heterocycles. The van der Waals surface area contributed by atoms with Crippen LogP contribution in [0.25, 0.3) is 0 Å². The molecule has 3 nitrogen and oxygen atoms in total. The summed E-state index contributed by atoms with van der Waals surface area (Å²) in [7, 11) is 0. The van der Waals surface area contributed by atoms with Gasteiger partial charge in [-0.05, 0) is 38.0 Å². The van der Waals surface area contributed by atoms with Crippen molar-refractivity contribution in [1.82, 2.24) is 5.32 Å². The van der Waals surface area contributed by atoms with Crippen LogP contribution in [0.4, 0.5) is 0 Å². The van der Waals surface area contributed by atoms with Crippen molar-refractivity contribution in [2.45, 2.75) is 56.7 Å². The molecule has 1 rings (SSSR count). The highest BCUT2D eigenvalue weighted by molar-refractivity contribution is 7.99. The molecule has 0 aromatic carbocycles. The monoisotopic (exact) mass is 244 g/mol. The van der Waals surface area contributed by atoms with E-state index in [1.165, 1.54) is 25.7 Å². The van der Waals surface area contributed by atoms with Crippen LogP contribution in [0.1, 0.15) is 45.4 Å². The smallest absolute Gasteiger partial charge is 0.234 e. The second-order valence-corrected chi connectivity index (χ2v) is 5.88. The first-order valence-electron chi connectivity index (χ1n) is 6.38. The number of rotatable bonds is 8. The number of amides is 1. The number of carbonyl (C=O) groups excluding carboxylic acids is 1. The lowest BCUT2D eigenvalue weighted by atomic mass is 10.2. The summed E-state index contributed by atoms with van der Waals surface area (Å²) in [6.07, 6.45) is 7.38. The number of nitrogens with one attached hydrogen (secondary N) is 1. The molecule has 1 aliphatic rings. The first kappa shape index (κ1) is 13.8. The summed E-state index contributed by atoms with van der Waals surface area (Å²) < 4.78 is 0. The maximum absolute atomic E-state index is 11.2. The molecule has 16 heavy (non-hydrogen) atoms. The fourth-order valence-electron chi connectivity index (χ4n) is 2.07. The van der Waals surface area contributed by atoms with Crippen molar-refractivity contribution in [3.05, 3.63) is 0 Å². The predicted octanol–water partition coefficient (Wildman–Crippen LogP) is 1.91. The van der Waals surface area contributed by atoms with Gasteiger partial charge >= 0.3 is 0 Å². The number of hydrogen-bond donors (Lipinski definition) is 2. The van der Waals surface area contributed by atoms with Crippen LogP contribution in [0, 0.1) is 0 Å². The van der Waals surface area contributed by atoms with Crippen LogP contribution in [0.2, 0.25) is 0 Å². The maximum Gasteiger partial charge on any atom is 0.234 e. The van der Waals surface area contributed by atoms with Gasteiger partial charge in [-0.15, -0.1) is 0 Å². The molecule has 1 amide bonds. The number of primary amides is 1. The summed E-state index contributed by atoms with van der Waals surface area (Å²) in [6.45, 7) is 2.97.